The molecule has 0 bridgehead atoms. The minimum absolute atomic E-state index is 0.0894. The van der Waals surface area contributed by atoms with Gasteiger partial charge in [0.15, 0.2) is 0 Å². The molecule has 1 amide bonds. The van der Waals surface area contributed by atoms with E-state index in [1.807, 2.05) is 64.1 Å². The standard InChI is InChI=1S/C25H25NO4/c1-14-17(4)29-22-13-23-21(12-20(14)22)15(2)19(25(28)30-23)10-11-24(27)26-16(3)18-8-6-5-7-9-18/h5-9,12-13,16H,10-11H2,1-4H3,(H,26,27). The lowest BCUT2D eigenvalue weighted by atomic mass is 10.00. The third-order valence-electron chi connectivity index (χ3n) is 5.86. The molecule has 4 rings (SSSR count). The summed E-state index contributed by atoms with van der Waals surface area (Å²) < 4.78 is 11.3. The van der Waals surface area contributed by atoms with Crippen molar-refractivity contribution >= 4 is 27.8 Å². The van der Waals surface area contributed by atoms with Crippen molar-refractivity contribution in [2.45, 2.75) is 46.6 Å². The van der Waals surface area contributed by atoms with E-state index in [9.17, 15) is 9.59 Å². The van der Waals surface area contributed by atoms with Gasteiger partial charge in [0.2, 0.25) is 5.91 Å². The lowest BCUT2D eigenvalue weighted by Gasteiger charge is -2.14. The number of aryl methyl sites for hydroxylation is 3. The molecule has 0 aliphatic rings. The minimum atomic E-state index is -0.400. The summed E-state index contributed by atoms with van der Waals surface area (Å²) in [5.74, 6) is 0.756. The van der Waals surface area contributed by atoms with Gasteiger partial charge in [-0.2, -0.15) is 0 Å². The topological polar surface area (TPSA) is 72.5 Å². The Morgan fingerprint density at radius 3 is 2.37 bits per heavy atom. The molecule has 0 spiro atoms. The number of hydrogen-bond acceptors (Lipinski definition) is 4. The largest absolute Gasteiger partial charge is 0.461 e. The van der Waals surface area contributed by atoms with Crippen LogP contribution in [0.15, 0.2) is 56.1 Å². The van der Waals surface area contributed by atoms with Gasteiger partial charge >= 0.3 is 5.63 Å². The zero-order valence-electron chi connectivity index (χ0n) is 17.7. The highest BCUT2D eigenvalue weighted by molar-refractivity contribution is 5.96. The molecular formula is C25H25NO4. The number of furan rings is 1. The Balaban J connectivity index is 1.58. The third kappa shape index (κ3) is 3.63. The molecule has 2 aromatic carbocycles. The van der Waals surface area contributed by atoms with E-state index in [1.54, 1.807) is 6.07 Å². The maximum Gasteiger partial charge on any atom is 0.339 e. The molecule has 1 atom stereocenters. The number of carbonyl (C=O) groups is 1. The number of carbonyl (C=O) groups excluding carboxylic acids is 1. The summed E-state index contributed by atoms with van der Waals surface area (Å²) in [6.07, 6.45) is 0.555. The van der Waals surface area contributed by atoms with Crippen LogP contribution in [0.1, 0.15) is 47.4 Å². The van der Waals surface area contributed by atoms with Crippen LogP contribution in [-0.2, 0) is 11.2 Å². The summed E-state index contributed by atoms with van der Waals surface area (Å²) >= 11 is 0. The maximum absolute atomic E-state index is 12.6. The lowest BCUT2D eigenvalue weighted by Crippen LogP contribution is -2.27. The summed E-state index contributed by atoms with van der Waals surface area (Å²) in [5.41, 5.74) is 4.33. The van der Waals surface area contributed by atoms with Crippen molar-refractivity contribution < 1.29 is 13.6 Å². The number of amides is 1. The molecule has 4 aromatic rings. The van der Waals surface area contributed by atoms with E-state index in [-0.39, 0.29) is 18.4 Å². The molecule has 0 saturated carbocycles. The molecule has 0 radical (unpaired) electrons. The van der Waals surface area contributed by atoms with Gasteiger partial charge in [0.25, 0.3) is 0 Å². The van der Waals surface area contributed by atoms with Crippen molar-refractivity contribution in [1.29, 1.82) is 0 Å². The second-order valence-corrected chi connectivity index (χ2v) is 7.82. The van der Waals surface area contributed by atoms with Gasteiger partial charge in [-0.1, -0.05) is 30.3 Å². The van der Waals surface area contributed by atoms with Gasteiger partial charge in [0.1, 0.15) is 16.9 Å². The molecule has 0 aliphatic carbocycles. The predicted molar refractivity (Wildman–Crippen MR) is 118 cm³/mol. The van der Waals surface area contributed by atoms with Gasteiger partial charge in [-0.3, -0.25) is 4.79 Å². The van der Waals surface area contributed by atoms with E-state index in [2.05, 4.69) is 5.32 Å². The number of nitrogens with one attached hydrogen (secondary N) is 1. The Bertz CT molecular complexity index is 1300. The summed E-state index contributed by atoms with van der Waals surface area (Å²) in [7, 11) is 0. The van der Waals surface area contributed by atoms with E-state index in [4.69, 9.17) is 8.83 Å². The Morgan fingerprint density at radius 1 is 0.967 bits per heavy atom. The van der Waals surface area contributed by atoms with Crippen molar-refractivity contribution in [3.05, 3.63) is 80.9 Å². The highest BCUT2D eigenvalue weighted by Gasteiger charge is 2.17. The first-order valence-electron chi connectivity index (χ1n) is 10.2. The van der Waals surface area contributed by atoms with Gasteiger partial charge in [-0.25, -0.2) is 4.79 Å². The third-order valence-corrected chi connectivity index (χ3v) is 5.86. The molecule has 5 nitrogen and oxygen atoms in total. The summed E-state index contributed by atoms with van der Waals surface area (Å²) in [5, 5.41) is 4.88. The van der Waals surface area contributed by atoms with Crippen molar-refractivity contribution in [3.8, 4) is 0 Å². The lowest BCUT2D eigenvalue weighted by molar-refractivity contribution is -0.121. The molecule has 0 saturated heterocycles. The normalized spacial score (nSPS) is 12.4. The fraction of sp³-hybridized carbons (Fsp3) is 0.280. The zero-order chi connectivity index (χ0) is 21.4. The summed E-state index contributed by atoms with van der Waals surface area (Å²) in [6.45, 7) is 7.79. The molecule has 5 heteroatoms. The van der Waals surface area contributed by atoms with Crippen LogP contribution in [0.25, 0.3) is 21.9 Å². The van der Waals surface area contributed by atoms with Crippen molar-refractivity contribution in [2.24, 2.45) is 0 Å². The molecular weight excluding hydrogens is 378 g/mol. The molecule has 2 aromatic heterocycles. The summed E-state index contributed by atoms with van der Waals surface area (Å²) in [4.78, 5) is 25.0. The second kappa shape index (κ2) is 7.82. The van der Waals surface area contributed by atoms with Crippen LogP contribution in [0.2, 0.25) is 0 Å². The number of fused-ring (bicyclic) bond motifs is 2. The first-order valence-corrected chi connectivity index (χ1v) is 10.2. The number of benzene rings is 2. The Labute approximate surface area is 174 Å². The van der Waals surface area contributed by atoms with Crippen LogP contribution >= 0.6 is 0 Å². The number of rotatable bonds is 5. The van der Waals surface area contributed by atoms with Gasteiger partial charge in [-0.15, -0.1) is 0 Å². The van der Waals surface area contributed by atoms with E-state index in [0.29, 0.717) is 23.2 Å². The molecule has 0 aliphatic heterocycles. The van der Waals surface area contributed by atoms with Crippen LogP contribution in [-0.4, -0.2) is 5.91 Å². The smallest absolute Gasteiger partial charge is 0.339 e. The second-order valence-electron chi connectivity index (χ2n) is 7.82. The van der Waals surface area contributed by atoms with E-state index < -0.39 is 5.63 Å². The van der Waals surface area contributed by atoms with Crippen LogP contribution < -0.4 is 10.9 Å². The highest BCUT2D eigenvalue weighted by atomic mass is 16.4. The van der Waals surface area contributed by atoms with Crippen molar-refractivity contribution in [2.75, 3.05) is 0 Å². The van der Waals surface area contributed by atoms with Crippen LogP contribution in [0.5, 0.6) is 0 Å². The van der Waals surface area contributed by atoms with Crippen LogP contribution in [0.4, 0.5) is 0 Å². The van der Waals surface area contributed by atoms with E-state index in [1.165, 1.54) is 0 Å². The van der Waals surface area contributed by atoms with Crippen LogP contribution in [0, 0.1) is 20.8 Å². The summed E-state index contributed by atoms with van der Waals surface area (Å²) in [6, 6.07) is 13.5. The van der Waals surface area contributed by atoms with Crippen molar-refractivity contribution in [3.63, 3.8) is 0 Å². The quantitative estimate of drug-likeness (QED) is 0.461. The molecule has 0 fully saturated rings. The molecule has 1 unspecified atom stereocenters. The van der Waals surface area contributed by atoms with Gasteiger partial charge in [0.05, 0.1) is 6.04 Å². The van der Waals surface area contributed by atoms with Gasteiger partial charge in [-0.05, 0) is 56.9 Å². The van der Waals surface area contributed by atoms with E-state index in [0.717, 1.165) is 33.2 Å². The fourth-order valence-corrected chi connectivity index (χ4v) is 3.89. The zero-order valence-corrected chi connectivity index (χ0v) is 17.7. The molecule has 2 heterocycles. The Kier molecular flexibility index (Phi) is 5.20. The molecule has 1 N–H and O–H groups in total. The SMILES string of the molecule is Cc1oc2cc3oc(=O)c(CCC(=O)NC(C)c4ccccc4)c(C)c3cc2c1C. The maximum atomic E-state index is 12.6. The molecule has 154 valence electrons. The average Bonchev–Trinajstić information content (AvgIpc) is 3.00. The average molecular weight is 403 g/mol. The van der Waals surface area contributed by atoms with Crippen LogP contribution in [0.3, 0.4) is 0 Å². The fourth-order valence-electron chi connectivity index (χ4n) is 3.89. The molecule has 30 heavy (non-hydrogen) atoms. The van der Waals surface area contributed by atoms with Gasteiger partial charge < -0.3 is 14.2 Å². The monoisotopic (exact) mass is 403 g/mol. The van der Waals surface area contributed by atoms with E-state index >= 15 is 0 Å². The Hall–Kier alpha value is -3.34. The van der Waals surface area contributed by atoms with Crippen molar-refractivity contribution in [1.82, 2.24) is 5.32 Å². The Morgan fingerprint density at radius 2 is 1.63 bits per heavy atom. The van der Waals surface area contributed by atoms with Gasteiger partial charge in [0, 0.05) is 28.8 Å². The number of hydrogen-bond donors (Lipinski definition) is 1. The first kappa shape index (κ1) is 20.0. The predicted octanol–water partition coefficient (Wildman–Crippen LogP) is 5.27. The minimum Gasteiger partial charge on any atom is -0.461 e. The first-order chi connectivity index (χ1) is 14.3. The highest BCUT2D eigenvalue weighted by Crippen LogP contribution is 2.31.